The Labute approximate surface area is 139 Å². The Morgan fingerprint density at radius 3 is 2.74 bits per heavy atom. The van der Waals surface area contributed by atoms with Crippen LogP contribution in [0, 0.1) is 22.7 Å². The van der Waals surface area contributed by atoms with Crippen molar-refractivity contribution in [3.63, 3.8) is 0 Å². The summed E-state index contributed by atoms with van der Waals surface area (Å²) in [6, 6.07) is 10.8. The van der Waals surface area contributed by atoms with Crippen molar-refractivity contribution in [2.24, 2.45) is 0 Å². The van der Waals surface area contributed by atoms with Crippen LogP contribution in [0.15, 0.2) is 24.3 Å². The zero-order valence-electron chi connectivity index (χ0n) is 12.6. The van der Waals surface area contributed by atoms with Crippen molar-refractivity contribution >= 4 is 22.2 Å². The maximum absolute atomic E-state index is 12.4. The lowest BCUT2D eigenvalue weighted by Crippen LogP contribution is -2.12. The molecule has 5 heteroatoms. The smallest absolute Gasteiger partial charge is 0.256 e. The number of thiophene rings is 1. The van der Waals surface area contributed by atoms with Crippen LogP contribution in [0.1, 0.15) is 51.2 Å². The Hall–Kier alpha value is -2.63. The Morgan fingerprint density at radius 2 is 1.96 bits per heavy atom. The molecular formula is C18H15N3OS. The van der Waals surface area contributed by atoms with E-state index in [1.165, 1.54) is 22.6 Å². The number of amides is 1. The molecule has 1 aromatic heterocycles. The van der Waals surface area contributed by atoms with E-state index in [2.05, 4.69) is 11.4 Å². The maximum atomic E-state index is 12.4. The number of anilines is 1. The number of rotatable bonds is 2. The molecular weight excluding hydrogens is 306 g/mol. The monoisotopic (exact) mass is 321 g/mol. The molecule has 3 rings (SSSR count). The number of nitrogens with zero attached hydrogens (tertiary/aromatic N) is 2. The second-order valence-electron chi connectivity index (χ2n) is 5.53. The van der Waals surface area contributed by atoms with E-state index < -0.39 is 0 Å². The summed E-state index contributed by atoms with van der Waals surface area (Å²) in [7, 11) is 0. The van der Waals surface area contributed by atoms with Crippen LogP contribution >= 0.6 is 11.3 Å². The van der Waals surface area contributed by atoms with Crippen molar-refractivity contribution in [2.45, 2.75) is 32.1 Å². The molecule has 1 aliphatic rings. The number of fused-ring (bicyclic) bond motifs is 1. The third-order valence-corrected chi connectivity index (χ3v) is 5.22. The zero-order valence-corrected chi connectivity index (χ0v) is 13.4. The average Bonchev–Trinajstić information content (AvgIpc) is 2.74. The zero-order chi connectivity index (χ0) is 16.2. The number of carbonyl (C=O) groups excluding carboxylic acids is 1. The van der Waals surface area contributed by atoms with Crippen LogP contribution in [0.5, 0.6) is 0 Å². The molecule has 1 amide bonds. The Morgan fingerprint density at radius 1 is 1.13 bits per heavy atom. The SMILES string of the molecule is N#Cc1cccc(C(=O)Nc2sc3c(c2C#N)CCCCC3)c1. The van der Waals surface area contributed by atoms with Crippen LogP contribution in [-0.2, 0) is 12.8 Å². The molecule has 114 valence electrons. The molecule has 0 saturated carbocycles. The van der Waals surface area contributed by atoms with Crippen LogP contribution in [-0.4, -0.2) is 5.91 Å². The number of carbonyl (C=O) groups is 1. The van der Waals surface area contributed by atoms with Crippen LogP contribution in [0.3, 0.4) is 0 Å². The standard InChI is InChI=1S/C18H15N3OS/c19-10-12-5-4-6-13(9-12)17(22)21-18-15(11-20)14-7-2-1-3-8-16(14)23-18/h4-6,9H,1-3,7-8H2,(H,21,22). The van der Waals surface area contributed by atoms with Gasteiger partial charge in [-0.2, -0.15) is 10.5 Å². The molecule has 0 bridgehead atoms. The third-order valence-electron chi connectivity index (χ3n) is 4.01. The fourth-order valence-electron chi connectivity index (χ4n) is 2.85. The molecule has 23 heavy (non-hydrogen) atoms. The predicted octanol–water partition coefficient (Wildman–Crippen LogP) is 4.01. The predicted molar refractivity (Wildman–Crippen MR) is 89.4 cm³/mol. The van der Waals surface area contributed by atoms with E-state index in [9.17, 15) is 10.1 Å². The van der Waals surface area contributed by atoms with Crippen molar-refractivity contribution in [1.82, 2.24) is 0 Å². The molecule has 1 aromatic carbocycles. The lowest BCUT2D eigenvalue weighted by molar-refractivity contribution is 0.102. The summed E-state index contributed by atoms with van der Waals surface area (Å²) in [5.41, 5.74) is 2.59. The molecule has 0 fully saturated rings. The topological polar surface area (TPSA) is 76.7 Å². The number of aryl methyl sites for hydroxylation is 1. The summed E-state index contributed by atoms with van der Waals surface area (Å²) in [5.74, 6) is -0.282. The summed E-state index contributed by atoms with van der Waals surface area (Å²) in [6.07, 6.45) is 5.31. The lowest BCUT2D eigenvalue weighted by Gasteiger charge is -2.04. The highest BCUT2D eigenvalue weighted by Gasteiger charge is 2.21. The van der Waals surface area contributed by atoms with Crippen LogP contribution < -0.4 is 5.32 Å². The molecule has 4 nitrogen and oxygen atoms in total. The first-order valence-corrected chi connectivity index (χ1v) is 8.40. The molecule has 0 spiro atoms. The molecule has 0 radical (unpaired) electrons. The molecule has 1 N–H and O–H groups in total. The third kappa shape index (κ3) is 3.11. The van der Waals surface area contributed by atoms with Crippen molar-refractivity contribution in [3.8, 4) is 12.1 Å². The molecule has 1 aliphatic carbocycles. The fourth-order valence-corrected chi connectivity index (χ4v) is 4.09. The van der Waals surface area contributed by atoms with Gasteiger partial charge < -0.3 is 5.32 Å². The van der Waals surface area contributed by atoms with Crippen molar-refractivity contribution < 1.29 is 4.79 Å². The van der Waals surface area contributed by atoms with Gasteiger partial charge in [0.2, 0.25) is 0 Å². The fraction of sp³-hybridized carbons (Fsp3) is 0.278. The summed E-state index contributed by atoms with van der Waals surface area (Å²) in [6.45, 7) is 0. The second-order valence-corrected chi connectivity index (χ2v) is 6.63. The minimum atomic E-state index is -0.282. The molecule has 0 aliphatic heterocycles. The molecule has 0 atom stereocenters. The summed E-state index contributed by atoms with van der Waals surface area (Å²) >= 11 is 1.51. The minimum Gasteiger partial charge on any atom is -0.312 e. The largest absolute Gasteiger partial charge is 0.312 e. The Kier molecular flexibility index (Phi) is 4.41. The summed E-state index contributed by atoms with van der Waals surface area (Å²) < 4.78 is 0. The van der Waals surface area contributed by atoms with E-state index in [-0.39, 0.29) is 5.91 Å². The van der Waals surface area contributed by atoms with Crippen molar-refractivity contribution in [2.75, 3.05) is 5.32 Å². The van der Waals surface area contributed by atoms with Gasteiger partial charge in [0.25, 0.3) is 5.91 Å². The first-order valence-electron chi connectivity index (χ1n) is 7.59. The number of hydrogen-bond donors (Lipinski definition) is 1. The van der Waals surface area contributed by atoms with Gasteiger partial charge >= 0.3 is 0 Å². The maximum Gasteiger partial charge on any atom is 0.256 e. The van der Waals surface area contributed by atoms with Gasteiger partial charge in [-0.25, -0.2) is 0 Å². The average molecular weight is 321 g/mol. The van der Waals surface area contributed by atoms with E-state index in [0.717, 1.165) is 31.2 Å². The van der Waals surface area contributed by atoms with Gasteiger partial charge in [-0.15, -0.1) is 11.3 Å². The van der Waals surface area contributed by atoms with E-state index in [1.54, 1.807) is 24.3 Å². The Bertz CT molecular complexity index is 839. The molecule has 2 aromatic rings. The van der Waals surface area contributed by atoms with E-state index >= 15 is 0 Å². The van der Waals surface area contributed by atoms with E-state index in [4.69, 9.17) is 5.26 Å². The van der Waals surface area contributed by atoms with Gasteiger partial charge in [0.1, 0.15) is 11.1 Å². The summed E-state index contributed by atoms with van der Waals surface area (Å²) in [5, 5.41) is 21.9. The van der Waals surface area contributed by atoms with Crippen LogP contribution in [0.4, 0.5) is 5.00 Å². The highest BCUT2D eigenvalue weighted by Crippen LogP contribution is 2.37. The number of nitrogens with one attached hydrogen (secondary N) is 1. The quantitative estimate of drug-likeness (QED) is 0.849. The van der Waals surface area contributed by atoms with Gasteiger partial charge in [0.05, 0.1) is 17.2 Å². The Balaban J connectivity index is 1.89. The highest BCUT2D eigenvalue weighted by atomic mass is 32.1. The first-order chi connectivity index (χ1) is 11.2. The van der Waals surface area contributed by atoms with E-state index in [1.807, 2.05) is 6.07 Å². The van der Waals surface area contributed by atoms with Crippen molar-refractivity contribution in [1.29, 1.82) is 10.5 Å². The molecule has 0 saturated heterocycles. The number of benzene rings is 1. The van der Waals surface area contributed by atoms with Gasteiger partial charge in [0.15, 0.2) is 0 Å². The lowest BCUT2D eigenvalue weighted by atomic mass is 10.1. The summed E-state index contributed by atoms with van der Waals surface area (Å²) in [4.78, 5) is 13.6. The van der Waals surface area contributed by atoms with Crippen LogP contribution in [0.25, 0.3) is 0 Å². The van der Waals surface area contributed by atoms with Crippen molar-refractivity contribution in [3.05, 3.63) is 51.4 Å². The van der Waals surface area contributed by atoms with Gasteiger partial charge in [-0.1, -0.05) is 12.5 Å². The van der Waals surface area contributed by atoms with Gasteiger partial charge in [-0.05, 0) is 49.4 Å². The van der Waals surface area contributed by atoms with Gasteiger partial charge in [0, 0.05) is 10.4 Å². The number of hydrogen-bond acceptors (Lipinski definition) is 4. The second kappa shape index (κ2) is 6.64. The minimum absolute atomic E-state index is 0.282. The normalized spacial score (nSPS) is 13.3. The first kappa shape index (κ1) is 15.3. The molecule has 0 unspecified atom stereocenters. The van der Waals surface area contributed by atoms with E-state index in [0.29, 0.717) is 21.7 Å². The highest BCUT2D eigenvalue weighted by molar-refractivity contribution is 7.16. The molecule has 1 heterocycles. The number of nitriles is 2. The van der Waals surface area contributed by atoms with Gasteiger partial charge in [-0.3, -0.25) is 4.79 Å². The van der Waals surface area contributed by atoms with Crippen LogP contribution in [0.2, 0.25) is 0 Å².